The van der Waals surface area contributed by atoms with E-state index in [9.17, 15) is 4.79 Å². The van der Waals surface area contributed by atoms with Crippen molar-refractivity contribution in [1.82, 2.24) is 10.3 Å². The number of nitrogens with one attached hydrogen (secondary N) is 1. The quantitative estimate of drug-likeness (QED) is 0.828. The topological polar surface area (TPSA) is 71.2 Å². The zero-order valence-corrected chi connectivity index (χ0v) is 10.7. The van der Waals surface area contributed by atoms with Gasteiger partial charge in [-0.1, -0.05) is 0 Å². The van der Waals surface area contributed by atoms with E-state index in [1.54, 1.807) is 12.3 Å². The largest absolute Gasteiger partial charge is 0.371 e. The van der Waals surface area contributed by atoms with Gasteiger partial charge in [-0.05, 0) is 44.5 Å². The average Bonchev–Trinajstić information content (AvgIpc) is 2.67. The third kappa shape index (κ3) is 2.98. The molecule has 1 aliphatic heterocycles. The number of rotatable bonds is 3. The molecule has 1 unspecified atom stereocenters. The highest BCUT2D eigenvalue weighted by Gasteiger charge is 2.17. The Balaban J connectivity index is 2.13. The minimum absolute atomic E-state index is 0.325. The van der Waals surface area contributed by atoms with Gasteiger partial charge < -0.3 is 16.0 Å². The molecule has 1 atom stereocenters. The number of hydrogen-bond donors (Lipinski definition) is 2. The lowest BCUT2D eigenvalue weighted by Crippen LogP contribution is -2.32. The molecule has 1 saturated heterocycles. The van der Waals surface area contributed by atoms with Gasteiger partial charge in [0.05, 0.1) is 0 Å². The van der Waals surface area contributed by atoms with Crippen LogP contribution in [-0.4, -0.2) is 37.1 Å². The van der Waals surface area contributed by atoms with Crippen molar-refractivity contribution in [3.05, 3.63) is 24.0 Å². The van der Waals surface area contributed by atoms with Crippen LogP contribution in [0.4, 0.5) is 5.69 Å². The lowest BCUT2D eigenvalue weighted by molar-refractivity contribution is 0.0995. The Labute approximate surface area is 107 Å². The lowest BCUT2D eigenvalue weighted by atomic mass is 10.1. The second-order valence-electron chi connectivity index (χ2n) is 4.71. The number of carbonyl (C=O) groups excluding carboxylic acids is 1. The van der Waals surface area contributed by atoms with Gasteiger partial charge in [0.2, 0.25) is 0 Å². The molecule has 5 heteroatoms. The number of anilines is 1. The van der Waals surface area contributed by atoms with Crippen molar-refractivity contribution in [2.24, 2.45) is 5.73 Å². The molecule has 0 spiro atoms. The molecule has 1 fully saturated rings. The lowest BCUT2D eigenvalue weighted by Gasteiger charge is -2.29. The first-order valence-electron chi connectivity index (χ1n) is 6.38. The van der Waals surface area contributed by atoms with Crippen LogP contribution < -0.4 is 16.0 Å². The Morgan fingerprint density at radius 3 is 3.11 bits per heavy atom. The summed E-state index contributed by atoms with van der Waals surface area (Å²) < 4.78 is 0. The normalized spacial score (nSPS) is 20.2. The van der Waals surface area contributed by atoms with E-state index in [1.807, 2.05) is 6.07 Å². The monoisotopic (exact) mass is 248 g/mol. The maximum atomic E-state index is 11.1. The molecule has 5 nitrogen and oxygen atoms in total. The van der Waals surface area contributed by atoms with Gasteiger partial charge in [0.1, 0.15) is 5.69 Å². The number of carbonyl (C=O) groups is 1. The number of nitrogens with two attached hydrogens (primary N) is 1. The molecule has 0 aliphatic carbocycles. The summed E-state index contributed by atoms with van der Waals surface area (Å²) in [6.45, 7) is 2.13. The van der Waals surface area contributed by atoms with Crippen molar-refractivity contribution in [3.63, 3.8) is 0 Å². The summed E-state index contributed by atoms with van der Waals surface area (Å²) in [5, 5.41) is 3.40. The summed E-state index contributed by atoms with van der Waals surface area (Å²) in [5.74, 6) is -0.479. The highest BCUT2D eigenvalue weighted by atomic mass is 16.1. The van der Waals surface area contributed by atoms with Crippen LogP contribution in [-0.2, 0) is 0 Å². The van der Waals surface area contributed by atoms with Gasteiger partial charge in [-0.25, -0.2) is 0 Å². The van der Waals surface area contributed by atoms with Crippen LogP contribution in [0.1, 0.15) is 29.8 Å². The predicted octanol–water partition coefficient (Wildman–Crippen LogP) is 0.759. The van der Waals surface area contributed by atoms with Gasteiger partial charge in [-0.15, -0.1) is 0 Å². The summed E-state index contributed by atoms with van der Waals surface area (Å²) in [5.41, 5.74) is 6.59. The van der Waals surface area contributed by atoms with Crippen molar-refractivity contribution < 1.29 is 4.79 Å². The van der Waals surface area contributed by atoms with Crippen molar-refractivity contribution >= 4 is 11.6 Å². The Hall–Kier alpha value is -1.62. The van der Waals surface area contributed by atoms with E-state index in [4.69, 9.17) is 5.73 Å². The Kier molecular flexibility index (Phi) is 4.15. The molecule has 1 aromatic heterocycles. The number of nitrogens with zero attached hydrogens (tertiary/aromatic N) is 2. The molecule has 1 aliphatic rings. The first kappa shape index (κ1) is 12.8. The van der Waals surface area contributed by atoms with E-state index in [0.717, 1.165) is 31.6 Å². The Morgan fingerprint density at radius 2 is 2.33 bits per heavy atom. The minimum Gasteiger partial charge on any atom is -0.371 e. The third-order valence-corrected chi connectivity index (χ3v) is 3.50. The molecule has 98 valence electrons. The molecule has 0 bridgehead atoms. The maximum absolute atomic E-state index is 11.1. The Bertz CT molecular complexity index is 413. The fourth-order valence-corrected chi connectivity index (χ4v) is 2.37. The van der Waals surface area contributed by atoms with E-state index < -0.39 is 5.91 Å². The fourth-order valence-electron chi connectivity index (χ4n) is 2.37. The van der Waals surface area contributed by atoms with Crippen LogP contribution in [0.2, 0.25) is 0 Å². The van der Waals surface area contributed by atoms with E-state index >= 15 is 0 Å². The molecular formula is C13H20N4O. The summed E-state index contributed by atoms with van der Waals surface area (Å²) in [7, 11) is 2.07. The van der Waals surface area contributed by atoms with Gasteiger partial charge in [0, 0.05) is 25.0 Å². The molecular weight excluding hydrogens is 228 g/mol. The van der Waals surface area contributed by atoms with Crippen molar-refractivity contribution in [2.75, 3.05) is 25.0 Å². The smallest absolute Gasteiger partial charge is 0.267 e. The molecule has 0 saturated carbocycles. The SMILES string of the molecule is CN(c1ccnc(C(N)=O)c1)C1CCCNCC1. The number of pyridine rings is 1. The molecule has 1 aromatic rings. The van der Waals surface area contributed by atoms with Crippen LogP contribution in [0.15, 0.2) is 18.3 Å². The number of hydrogen-bond acceptors (Lipinski definition) is 4. The van der Waals surface area contributed by atoms with Gasteiger partial charge in [-0.2, -0.15) is 0 Å². The second kappa shape index (κ2) is 5.82. The molecule has 0 aromatic carbocycles. The van der Waals surface area contributed by atoms with Crippen LogP contribution in [0.3, 0.4) is 0 Å². The van der Waals surface area contributed by atoms with Crippen LogP contribution in [0.5, 0.6) is 0 Å². The predicted molar refractivity (Wildman–Crippen MR) is 71.7 cm³/mol. The first-order chi connectivity index (χ1) is 8.68. The van der Waals surface area contributed by atoms with Crippen molar-refractivity contribution in [2.45, 2.75) is 25.3 Å². The van der Waals surface area contributed by atoms with Crippen LogP contribution in [0, 0.1) is 0 Å². The number of primary amides is 1. The van der Waals surface area contributed by atoms with Crippen molar-refractivity contribution in [1.29, 1.82) is 0 Å². The average molecular weight is 248 g/mol. The second-order valence-corrected chi connectivity index (χ2v) is 4.71. The third-order valence-electron chi connectivity index (χ3n) is 3.50. The molecule has 18 heavy (non-hydrogen) atoms. The fraction of sp³-hybridized carbons (Fsp3) is 0.538. The summed E-state index contributed by atoms with van der Waals surface area (Å²) in [4.78, 5) is 17.3. The summed E-state index contributed by atoms with van der Waals surface area (Å²) >= 11 is 0. The van der Waals surface area contributed by atoms with Crippen LogP contribution >= 0.6 is 0 Å². The molecule has 1 amide bonds. The highest BCUT2D eigenvalue weighted by Crippen LogP contribution is 2.20. The molecule has 3 N–H and O–H groups in total. The Morgan fingerprint density at radius 1 is 1.50 bits per heavy atom. The number of amides is 1. The molecule has 2 rings (SSSR count). The molecule has 2 heterocycles. The zero-order chi connectivity index (χ0) is 13.0. The van der Waals surface area contributed by atoms with Crippen LogP contribution in [0.25, 0.3) is 0 Å². The standard InChI is InChI=1S/C13H20N4O/c1-17(10-3-2-6-15-7-4-10)11-5-8-16-12(9-11)13(14)18/h5,8-10,15H,2-4,6-7H2,1H3,(H2,14,18). The van der Waals surface area contributed by atoms with E-state index in [1.165, 1.54) is 6.42 Å². The minimum atomic E-state index is -0.479. The van der Waals surface area contributed by atoms with Gasteiger partial charge in [0.15, 0.2) is 0 Å². The summed E-state index contributed by atoms with van der Waals surface area (Å²) in [6.07, 6.45) is 5.10. The van der Waals surface area contributed by atoms with Gasteiger partial charge >= 0.3 is 0 Å². The van der Waals surface area contributed by atoms with E-state index in [2.05, 4.69) is 22.2 Å². The summed E-state index contributed by atoms with van der Waals surface area (Å²) in [6, 6.07) is 4.19. The van der Waals surface area contributed by atoms with Gasteiger partial charge in [0.25, 0.3) is 5.91 Å². The maximum Gasteiger partial charge on any atom is 0.267 e. The van der Waals surface area contributed by atoms with E-state index in [0.29, 0.717) is 11.7 Å². The van der Waals surface area contributed by atoms with Gasteiger partial charge in [-0.3, -0.25) is 9.78 Å². The highest BCUT2D eigenvalue weighted by molar-refractivity contribution is 5.91. The van der Waals surface area contributed by atoms with Crippen molar-refractivity contribution in [3.8, 4) is 0 Å². The molecule has 0 radical (unpaired) electrons. The first-order valence-corrected chi connectivity index (χ1v) is 6.38. The van der Waals surface area contributed by atoms with E-state index in [-0.39, 0.29) is 0 Å². The zero-order valence-electron chi connectivity index (χ0n) is 10.7. The number of aromatic nitrogens is 1.